The van der Waals surface area contributed by atoms with Crippen LogP contribution in [-0.2, 0) is 11.3 Å². The molecule has 38 heavy (non-hydrogen) atoms. The maximum absolute atomic E-state index is 13.0. The second-order valence-corrected chi connectivity index (χ2v) is 11.3. The van der Waals surface area contributed by atoms with Gasteiger partial charge < -0.3 is 18.9 Å². The van der Waals surface area contributed by atoms with Crippen LogP contribution in [0.15, 0.2) is 41.4 Å². The number of piperazine rings is 1. The standard InChI is InChI=1S/C28H35N7O3/c1-4-25(36)34-8-7-28(18-34)15-21(16-28)35-23-6-5-20(17-33-11-9-32(3)10-12-33)14-22(23)29-27(35)30-26(37)24-13-19(2)31-38-24/h4-6,13-14,21H,1,7-12,15-18H2,2-3H3,(H,29,30,37)/t21-,28-. The molecule has 10 heteroatoms. The Bertz CT molecular complexity index is 1380. The van der Waals surface area contributed by atoms with Crippen molar-refractivity contribution in [3.63, 3.8) is 0 Å². The SMILES string of the molecule is C=CC(=O)N1CC[C@]2(C1)C[C@H](n1c(NC(=O)c3cc(C)no3)nc3cc(CN4CCN(C)CC4)ccc31)C2. The number of likely N-dealkylation sites (N-methyl/N-ethyl adjacent to an activating group) is 1. The first-order valence-corrected chi connectivity index (χ1v) is 13.4. The molecule has 2 aliphatic heterocycles. The summed E-state index contributed by atoms with van der Waals surface area (Å²) >= 11 is 0. The molecule has 6 rings (SSSR count). The van der Waals surface area contributed by atoms with Gasteiger partial charge in [0.05, 0.1) is 16.7 Å². The van der Waals surface area contributed by atoms with E-state index in [9.17, 15) is 9.59 Å². The summed E-state index contributed by atoms with van der Waals surface area (Å²) in [7, 11) is 2.16. The lowest BCUT2D eigenvalue weighted by Crippen LogP contribution is -2.43. The number of hydrogen-bond donors (Lipinski definition) is 1. The predicted molar refractivity (Wildman–Crippen MR) is 144 cm³/mol. The van der Waals surface area contributed by atoms with E-state index in [1.165, 1.54) is 11.6 Å². The quantitative estimate of drug-likeness (QED) is 0.502. The van der Waals surface area contributed by atoms with Gasteiger partial charge in [-0.25, -0.2) is 4.98 Å². The number of hydrogen-bond acceptors (Lipinski definition) is 7. The highest BCUT2D eigenvalue weighted by Crippen LogP contribution is 2.55. The second kappa shape index (κ2) is 9.67. The first-order valence-electron chi connectivity index (χ1n) is 13.4. The molecule has 2 aromatic heterocycles. The molecule has 1 saturated carbocycles. The van der Waals surface area contributed by atoms with E-state index in [2.05, 4.69) is 56.7 Å². The highest BCUT2D eigenvalue weighted by atomic mass is 16.5. The molecule has 3 fully saturated rings. The van der Waals surface area contributed by atoms with Gasteiger partial charge in [-0.05, 0) is 62.4 Å². The molecule has 1 N–H and O–H groups in total. The minimum atomic E-state index is -0.363. The normalized spacial score (nSPS) is 24.2. The molecule has 2 amide bonds. The fraction of sp³-hybridized carbons (Fsp3) is 0.500. The first-order chi connectivity index (χ1) is 18.3. The molecule has 3 aromatic rings. The highest BCUT2D eigenvalue weighted by Gasteiger charge is 2.50. The monoisotopic (exact) mass is 517 g/mol. The number of fused-ring (bicyclic) bond motifs is 1. The Hall–Kier alpha value is -3.50. The summed E-state index contributed by atoms with van der Waals surface area (Å²) in [5.41, 5.74) is 3.86. The van der Waals surface area contributed by atoms with Crippen LogP contribution >= 0.6 is 0 Å². The number of carbonyl (C=O) groups is 2. The number of benzene rings is 1. The van der Waals surface area contributed by atoms with E-state index in [0.717, 1.165) is 76.1 Å². The summed E-state index contributed by atoms with van der Waals surface area (Å²) in [6, 6.07) is 8.27. The number of rotatable bonds is 6. The average Bonchev–Trinajstić information content (AvgIpc) is 3.61. The molecule has 200 valence electrons. The van der Waals surface area contributed by atoms with Crippen LogP contribution < -0.4 is 5.32 Å². The molecule has 0 unspecified atom stereocenters. The van der Waals surface area contributed by atoms with Crippen LogP contribution in [0.1, 0.15) is 47.1 Å². The van der Waals surface area contributed by atoms with Gasteiger partial charge in [0, 0.05) is 57.9 Å². The summed E-state index contributed by atoms with van der Waals surface area (Å²) < 4.78 is 7.36. The average molecular weight is 518 g/mol. The van der Waals surface area contributed by atoms with Gasteiger partial charge >= 0.3 is 0 Å². The van der Waals surface area contributed by atoms with E-state index >= 15 is 0 Å². The molecule has 10 nitrogen and oxygen atoms in total. The van der Waals surface area contributed by atoms with Crippen LogP contribution in [0.25, 0.3) is 11.0 Å². The van der Waals surface area contributed by atoms with E-state index < -0.39 is 0 Å². The molecule has 1 aliphatic carbocycles. The van der Waals surface area contributed by atoms with E-state index in [0.29, 0.717) is 11.6 Å². The third kappa shape index (κ3) is 4.63. The van der Waals surface area contributed by atoms with Gasteiger partial charge in [-0.15, -0.1) is 0 Å². The molecule has 1 spiro atoms. The van der Waals surface area contributed by atoms with E-state index in [1.54, 1.807) is 13.0 Å². The molecule has 4 heterocycles. The number of likely N-dealkylation sites (tertiary alicyclic amines) is 1. The molecule has 2 saturated heterocycles. The number of aryl methyl sites for hydroxylation is 1. The zero-order valence-electron chi connectivity index (χ0n) is 22.2. The summed E-state index contributed by atoms with van der Waals surface area (Å²) in [5, 5.41) is 6.83. The van der Waals surface area contributed by atoms with E-state index in [1.807, 2.05) is 4.90 Å². The molecule has 0 bridgehead atoms. The third-order valence-corrected chi connectivity index (χ3v) is 8.46. The summed E-state index contributed by atoms with van der Waals surface area (Å²) in [5.74, 6) is 0.322. The van der Waals surface area contributed by atoms with Crippen LogP contribution in [0.3, 0.4) is 0 Å². The topological polar surface area (TPSA) is 99.7 Å². The number of nitrogens with one attached hydrogen (secondary N) is 1. The lowest BCUT2D eigenvalue weighted by molar-refractivity contribution is -0.125. The minimum absolute atomic E-state index is 0.00147. The fourth-order valence-electron chi connectivity index (χ4n) is 6.31. The van der Waals surface area contributed by atoms with Crippen LogP contribution in [0.5, 0.6) is 0 Å². The maximum Gasteiger partial charge on any atom is 0.296 e. The van der Waals surface area contributed by atoms with Gasteiger partial charge in [-0.3, -0.25) is 19.8 Å². The Morgan fingerprint density at radius 1 is 1.18 bits per heavy atom. The van der Waals surface area contributed by atoms with Gasteiger partial charge in [0.15, 0.2) is 0 Å². The third-order valence-electron chi connectivity index (χ3n) is 8.46. The van der Waals surface area contributed by atoms with Crippen LogP contribution in [0.2, 0.25) is 0 Å². The minimum Gasteiger partial charge on any atom is -0.351 e. The Kier molecular flexibility index (Phi) is 6.31. The lowest BCUT2D eigenvalue weighted by atomic mass is 9.64. The zero-order chi connectivity index (χ0) is 26.4. The van der Waals surface area contributed by atoms with Gasteiger partial charge in [0.2, 0.25) is 17.6 Å². The maximum atomic E-state index is 13.0. The Morgan fingerprint density at radius 3 is 2.68 bits per heavy atom. The van der Waals surface area contributed by atoms with Crippen molar-refractivity contribution in [2.45, 2.75) is 38.8 Å². The molecular formula is C28H35N7O3. The zero-order valence-corrected chi connectivity index (χ0v) is 22.2. The lowest BCUT2D eigenvalue weighted by Gasteiger charge is -2.46. The van der Waals surface area contributed by atoms with Crippen molar-refractivity contribution in [1.82, 2.24) is 29.4 Å². The largest absolute Gasteiger partial charge is 0.351 e. The Balaban J connectivity index is 1.26. The molecule has 0 atom stereocenters. The molecule has 1 aromatic carbocycles. The van der Waals surface area contributed by atoms with Crippen molar-refractivity contribution in [3.8, 4) is 0 Å². The Labute approximate surface area is 222 Å². The number of anilines is 1. The number of imidazole rings is 1. The summed E-state index contributed by atoms with van der Waals surface area (Å²) in [6.45, 7) is 12.1. The number of aromatic nitrogens is 3. The second-order valence-electron chi connectivity index (χ2n) is 11.3. The number of amides is 2. The van der Waals surface area contributed by atoms with Gasteiger partial charge in [-0.1, -0.05) is 17.8 Å². The Morgan fingerprint density at radius 2 is 1.97 bits per heavy atom. The first kappa shape index (κ1) is 24.8. The van der Waals surface area contributed by atoms with Crippen LogP contribution in [-0.4, -0.2) is 87.5 Å². The fourth-order valence-corrected chi connectivity index (χ4v) is 6.31. The van der Waals surface area contributed by atoms with E-state index in [-0.39, 0.29) is 29.0 Å². The summed E-state index contributed by atoms with van der Waals surface area (Å²) in [4.78, 5) is 36.7. The molecule has 0 radical (unpaired) electrons. The van der Waals surface area contributed by atoms with Crippen molar-refractivity contribution in [1.29, 1.82) is 0 Å². The highest BCUT2D eigenvalue weighted by molar-refractivity contribution is 6.02. The smallest absolute Gasteiger partial charge is 0.296 e. The van der Waals surface area contributed by atoms with E-state index in [4.69, 9.17) is 9.51 Å². The van der Waals surface area contributed by atoms with Gasteiger partial charge in [0.25, 0.3) is 5.91 Å². The molecule has 3 aliphatic rings. The van der Waals surface area contributed by atoms with Gasteiger partial charge in [-0.2, -0.15) is 0 Å². The molecular weight excluding hydrogens is 482 g/mol. The summed E-state index contributed by atoms with van der Waals surface area (Å²) in [6.07, 6.45) is 4.26. The van der Waals surface area contributed by atoms with Crippen molar-refractivity contribution >= 4 is 28.8 Å². The predicted octanol–water partition coefficient (Wildman–Crippen LogP) is 3.07. The van der Waals surface area contributed by atoms with Crippen molar-refractivity contribution in [3.05, 3.63) is 53.9 Å². The van der Waals surface area contributed by atoms with Crippen molar-refractivity contribution in [2.75, 3.05) is 51.6 Å². The van der Waals surface area contributed by atoms with Crippen molar-refractivity contribution in [2.24, 2.45) is 5.41 Å². The van der Waals surface area contributed by atoms with Crippen LogP contribution in [0.4, 0.5) is 5.95 Å². The number of carbonyl (C=O) groups excluding carboxylic acids is 2. The van der Waals surface area contributed by atoms with Crippen LogP contribution in [0, 0.1) is 12.3 Å². The van der Waals surface area contributed by atoms with Gasteiger partial charge in [0.1, 0.15) is 0 Å². The number of nitrogens with zero attached hydrogens (tertiary/aromatic N) is 6. The van der Waals surface area contributed by atoms with Crippen molar-refractivity contribution < 1.29 is 14.1 Å².